The lowest BCUT2D eigenvalue weighted by Crippen LogP contribution is -2.14. The number of carbonyl (C=O) groups excluding carboxylic acids is 1. The van der Waals surface area contributed by atoms with Crippen LogP contribution in [0.15, 0.2) is 22.7 Å². The number of thiophene rings is 2. The average molecular weight is 416 g/mol. The molecule has 3 aromatic rings. The molecule has 0 aliphatic heterocycles. The SMILES string of the molecule is Cn1c(Cc2cccs2)nnc1SCC(=O)Nc1sc2c(c1C#N)CCC2. The molecule has 1 aliphatic rings. The first-order valence-electron chi connectivity index (χ1n) is 8.53. The highest BCUT2D eigenvalue weighted by Gasteiger charge is 2.23. The Labute approximate surface area is 169 Å². The Morgan fingerprint density at radius 3 is 3.11 bits per heavy atom. The number of anilines is 1. The fraction of sp³-hybridized carbons (Fsp3) is 0.333. The summed E-state index contributed by atoms with van der Waals surface area (Å²) in [5.41, 5.74) is 1.76. The molecule has 6 nitrogen and oxygen atoms in total. The van der Waals surface area contributed by atoms with Gasteiger partial charge in [-0.3, -0.25) is 4.79 Å². The zero-order chi connectivity index (χ0) is 18.8. The van der Waals surface area contributed by atoms with Crippen molar-refractivity contribution in [2.45, 2.75) is 30.8 Å². The Balaban J connectivity index is 1.38. The molecule has 0 bridgehead atoms. The molecule has 3 heterocycles. The first kappa shape index (κ1) is 18.2. The van der Waals surface area contributed by atoms with Crippen LogP contribution in [0, 0.1) is 11.3 Å². The zero-order valence-corrected chi connectivity index (χ0v) is 17.1. The van der Waals surface area contributed by atoms with Crippen molar-refractivity contribution in [3.05, 3.63) is 44.2 Å². The molecule has 0 atom stereocenters. The summed E-state index contributed by atoms with van der Waals surface area (Å²) >= 11 is 4.58. The van der Waals surface area contributed by atoms with Gasteiger partial charge in [-0.15, -0.1) is 32.9 Å². The predicted octanol–water partition coefficient (Wildman–Crippen LogP) is 3.62. The van der Waals surface area contributed by atoms with Crippen LogP contribution in [0.5, 0.6) is 0 Å². The van der Waals surface area contributed by atoms with Crippen LogP contribution in [0.3, 0.4) is 0 Å². The van der Waals surface area contributed by atoms with Crippen molar-refractivity contribution in [3.63, 3.8) is 0 Å². The van der Waals surface area contributed by atoms with E-state index in [1.54, 1.807) is 11.3 Å². The quantitative estimate of drug-likeness (QED) is 0.622. The molecule has 0 fully saturated rings. The molecule has 138 valence electrons. The molecular formula is C18H17N5OS3. The monoisotopic (exact) mass is 415 g/mol. The number of fused-ring (bicyclic) bond motifs is 1. The van der Waals surface area contributed by atoms with Crippen LogP contribution in [-0.2, 0) is 31.1 Å². The summed E-state index contributed by atoms with van der Waals surface area (Å²) in [6.45, 7) is 0. The Morgan fingerprint density at radius 2 is 2.33 bits per heavy atom. The van der Waals surface area contributed by atoms with Crippen LogP contribution < -0.4 is 5.32 Å². The summed E-state index contributed by atoms with van der Waals surface area (Å²) in [7, 11) is 1.92. The molecule has 27 heavy (non-hydrogen) atoms. The van der Waals surface area contributed by atoms with E-state index < -0.39 is 0 Å². The van der Waals surface area contributed by atoms with Gasteiger partial charge >= 0.3 is 0 Å². The van der Waals surface area contributed by atoms with E-state index in [0.29, 0.717) is 15.7 Å². The molecule has 0 unspecified atom stereocenters. The number of aryl methyl sites for hydroxylation is 1. The fourth-order valence-corrected chi connectivity index (χ4v) is 5.78. The van der Waals surface area contributed by atoms with Crippen LogP contribution in [0.2, 0.25) is 0 Å². The smallest absolute Gasteiger partial charge is 0.235 e. The molecule has 3 aromatic heterocycles. The topological polar surface area (TPSA) is 83.6 Å². The van der Waals surface area contributed by atoms with Gasteiger partial charge in [0, 0.05) is 23.2 Å². The minimum absolute atomic E-state index is 0.126. The second kappa shape index (κ2) is 7.84. The second-order valence-corrected chi connectivity index (χ2v) is 9.30. The molecular weight excluding hydrogens is 398 g/mol. The van der Waals surface area contributed by atoms with Gasteiger partial charge in [0.2, 0.25) is 5.91 Å². The van der Waals surface area contributed by atoms with Gasteiger partial charge in [-0.25, -0.2) is 0 Å². The van der Waals surface area contributed by atoms with Crippen molar-refractivity contribution < 1.29 is 4.79 Å². The lowest BCUT2D eigenvalue weighted by molar-refractivity contribution is -0.113. The molecule has 0 saturated heterocycles. The minimum atomic E-state index is -0.126. The third kappa shape index (κ3) is 3.78. The van der Waals surface area contributed by atoms with Gasteiger partial charge in [-0.1, -0.05) is 17.8 Å². The van der Waals surface area contributed by atoms with Crippen LogP contribution in [0.1, 0.15) is 33.1 Å². The van der Waals surface area contributed by atoms with Gasteiger partial charge in [0.25, 0.3) is 0 Å². The summed E-state index contributed by atoms with van der Waals surface area (Å²) in [6, 6.07) is 6.35. The van der Waals surface area contributed by atoms with Crippen molar-refractivity contribution >= 4 is 45.3 Å². The van der Waals surface area contributed by atoms with Gasteiger partial charge in [-0.2, -0.15) is 5.26 Å². The van der Waals surface area contributed by atoms with E-state index in [4.69, 9.17) is 0 Å². The number of amides is 1. The van der Waals surface area contributed by atoms with Crippen LogP contribution in [-0.4, -0.2) is 26.4 Å². The zero-order valence-electron chi connectivity index (χ0n) is 14.7. The normalized spacial score (nSPS) is 12.7. The van der Waals surface area contributed by atoms with E-state index in [2.05, 4.69) is 27.6 Å². The molecule has 0 saturated carbocycles. The Morgan fingerprint density at radius 1 is 1.44 bits per heavy atom. The number of hydrogen-bond donors (Lipinski definition) is 1. The lowest BCUT2D eigenvalue weighted by Gasteiger charge is -2.05. The van der Waals surface area contributed by atoms with Gasteiger partial charge in [0.05, 0.1) is 11.3 Å². The number of carbonyl (C=O) groups is 1. The summed E-state index contributed by atoms with van der Waals surface area (Å²) in [5.74, 6) is 0.985. The number of hydrogen-bond acceptors (Lipinski definition) is 7. The molecule has 4 rings (SSSR count). The molecule has 9 heteroatoms. The van der Waals surface area contributed by atoms with Gasteiger partial charge < -0.3 is 9.88 Å². The van der Waals surface area contributed by atoms with E-state index in [9.17, 15) is 10.1 Å². The molecule has 1 amide bonds. The maximum atomic E-state index is 12.4. The maximum Gasteiger partial charge on any atom is 0.235 e. The predicted molar refractivity (Wildman–Crippen MR) is 109 cm³/mol. The number of nitriles is 1. The van der Waals surface area contributed by atoms with Gasteiger partial charge in [0.1, 0.15) is 16.9 Å². The van der Waals surface area contributed by atoms with E-state index in [0.717, 1.165) is 37.1 Å². The highest BCUT2D eigenvalue weighted by molar-refractivity contribution is 7.99. The lowest BCUT2D eigenvalue weighted by atomic mass is 10.1. The molecule has 0 radical (unpaired) electrons. The Bertz CT molecular complexity index is 1010. The molecule has 0 aromatic carbocycles. The first-order chi connectivity index (χ1) is 13.2. The summed E-state index contributed by atoms with van der Waals surface area (Å²) in [5, 5.41) is 24.2. The van der Waals surface area contributed by atoms with E-state index in [1.807, 2.05) is 23.1 Å². The highest BCUT2D eigenvalue weighted by atomic mass is 32.2. The minimum Gasteiger partial charge on any atom is -0.316 e. The van der Waals surface area contributed by atoms with Crippen LogP contribution in [0.25, 0.3) is 0 Å². The van der Waals surface area contributed by atoms with Crippen molar-refractivity contribution in [1.82, 2.24) is 14.8 Å². The third-order valence-corrected chi connectivity index (χ3v) is 7.56. The van der Waals surface area contributed by atoms with Crippen LogP contribution >= 0.6 is 34.4 Å². The summed E-state index contributed by atoms with van der Waals surface area (Å²) < 4.78 is 1.93. The first-order valence-corrected chi connectivity index (χ1v) is 11.2. The number of aromatic nitrogens is 3. The van der Waals surface area contributed by atoms with E-state index >= 15 is 0 Å². The van der Waals surface area contributed by atoms with E-state index in [1.165, 1.54) is 32.9 Å². The van der Waals surface area contributed by atoms with Crippen molar-refractivity contribution in [2.24, 2.45) is 7.05 Å². The van der Waals surface area contributed by atoms with Crippen molar-refractivity contribution in [3.8, 4) is 6.07 Å². The number of nitrogens with zero attached hydrogens (tertiary/aromatic N) is 4. The summed E-state index contributed by atoms with van der Waals surface area (Å²) in [6.07, 6.45) is 3.77. The van der Waals surface area contributed by atoms with Crippen LogP contribution in [0.4, 0.5) is 5.00 Å². The Kier molecular flexibility index (Phi) is 5.29. The standard InChI is InChI=1S/C18H17N5OS3/c1-23-15(8-11-4-3-7-25-11)21-22-18(23)26-10-16(24)20-17-13(9-19)12-5-2-6-14(12)27-17/h3-4,7H,2,5-6,8,10H2,1H3,(H,20,24). The molecule has 0 spiro atoms. The molecule has 1 aliphatic carbocycles. The Hall–Kier alpha value is -2.15. The second-order valence-electron chi connectivity index (χ2n) is 6.22. The largest absolute Gasteiger partial charge is 0.316 e. The van der Waals surface area contributed by atoms with E-state index in [-0.39, 0.29) is 11.7 Å². The number of nitrogens with one attached hydrogen (secondary N) is 1. The average Bonchev–Trinajstić information content (AvgIpc) is 3.41. The molecule has 1 N–H and O–H groups in total. The fourth-order valence-electron chi connectivity index (χ4n) is 3.10. The number of thioether (sulfide) groups is 1. The summed E-state index contributed by atoms with van der Waals surface area (Å²) in [4.78, 5) is 14.8. The highest BCUT2D eigenvalue weighted by Crippen LogP contribution is 2.38. The van der Waals surface area contributed by atoms with Crippen molar-refractivity contribution in [1.29, 1.82) is 5.26 Å². The maximum absolute atomic E-state index is 12.4. The third-order valence-electron chi connectivity index (χ3n) is 4.46. The number of rotatable bonds is 6. The van der Waals surface area contributed by atoms with Gasteiger partial charge in [-0.05, 0) is 36.3 Å². The van der Waals surface area contributed by atoms with Crippen molar-refractivity contribution in [2.75, 3.05) is 11.1 Å². The van der Waals surface area contributed by atoms with Gasteiger partial charge in [0.15, 0.2) is 5.16 Å².